The van der Waals surface area contributed by atoms with Crippen molar-refractivity contribution in [3.8, 4) is 0 Å². The van der Waals surface area contributed by atoms with Crippen molar-refractivity contribution < 1.29 is 8.42 Å². The Bertz CT molecular complexity index is 1490. The summed E-state index contributed by atoms with van der Waals surface area (Å²) in [6.45, 7) is 2.01. The van der Waals surface area contributed by atoms with Crippen molar-refractivity contribution in [2.24, 2.45) is 0 Å². The molecular formula is C20H14ClN5O2S2. The number of anilines is 2. The van der Waals surface area contributed by atoms with Crippen molar-refractivity contribution in [1.29, 1.82) is 0 Å². The van der Waals surface area contributed by atoms with E-state index >= 15 is 0 Å². The third-order valence-corrected chi connectivity index (χ3v) is 7.44. The third kappa shape index (κ3) is 3.11. The van der Waals surface area contributed by atoms with Crippen LogP contribution in [0.3, 0.4) is 0 Å². The molecule has 0 radical (unpaired) electrons. The maximum absolute atomic E-state index is 13.2. The van der Waals surface area contributed by atoms with Crippen LogP contribution in [0.1, 0.15) is 5.56 Å². The molecule has 5 aromatic rings. The lowest BCUT2D eigenvalue weighted by Gasteiger charge is -2.08. The Hall–Kier alpha value is -3.01. The number of rotatable bonds is 4. The second-order valence-electron chi connectivity index (χ2n) is 6.67. The lowest BCUT2D eigenvalue weighted by atomic mass is 10.2. The molecular weight excluding hydrogens is 442 g/mol. The molecule has 0 fully saturated rings. The van der Waals surface area contributed by atoms with E-state index in [-0.39, 0.29) is 15.6 Å². The van der Waals surface area contributed by atoms with Crippen LogP contribution in [-0.2, 0) is 9.84 Å². The van der Waals surface area contributed by atoms with E-state index in [1.54, 1.807) is 0 Å². The van der Waals surface area contributed by atoms with Gasteiger partial charge in [-0.15, -0.1) is 16.4 Å². The van der Waals surface area contributed by atoms with Crippen LogP contribution in [0.5, 0.6) is 0 Å². The van der Waals surface area contributed by atoms with Gasteiger partial charge in [-0.05, 0) is 54.8 Å². The van der Waals surface area contributed by atoms with E-state index < -0.39 is 9.84 Å². The molecule has 0 aliphatic heterocycles. The fourth-order valence-corrected chi connectivity index (χ4v) is 5.26. The Morgan fingerprint density at radius 3 is 2.50 bits per heavy atom. The first-order valence-electron chi connectivity index (χ1n) is 8.90. The van der Waals surface area contributed by atoms with Gasteiger partial charge in [0.2, 0.25) is 14.9 Å². The average Bonchev–Trinajstić information content (AvgIpc) is 3.37. The number of halogens is 1. The zero-order valence-electron chi connectivity index (χ0n) is 15.6. The van der Waals surface area contributed by atoms with Gasteiger partial charge in [-0.1, -0.05) is 34.5 Å². The summed E-state index contributed by atoms with van der Waals surface area (Å²) in [7, 11) is -3.93. The highest BCUT2D eigenvalue weighted by molar-refractivity contribution is 7.91. The first-order chi connectivity index (χ1) is 14.4. The van der Waals surface area contributed by atoms with Gasteiger partial charge in [-0.25, -0.2) is 13.4 Å². The lowest BCUT2D eigenvalue weighted by molar-refractivity contribution is 0.592. The topological polar surface area (TPSA) is 89.2 Å². The summed E-state index contributed by atoms with van der Waals surface area (Å²) in [6, 6.07) is 15.7. The van der Waals surface area contributed by atoms with E-state index in [4.69, 9.17) is 11.6 Å². The Labute approximate surface area is 180 Å². The quantitative estimate of drug-likeness (QED) is 0.415. The zero-order chi connectivity index (χ0) is 20.9. The van der Waals surface area contributed by atoms with Crippen molar-refractivity contribution in [2.45, 2.75) is 16.8 Å². The SMILES string of the molecule is Cc1ccc(Nc2nc3c(S(=O)(=O)c4ccc(Cl)cc4)nnn3c3ccsc23)cc1. The monoisotopic (exact) mass is 455 g/mol. The average molecular weight is 456 g/mol. The summed E-state index contributed by atoms with van der Waals surface area (Å²) < 4.78 is 28.7. The molecule has 2 aromatic carbocycles. The highest BCUT2D eigenvalue weighted by Crippen LogP contribution is 2.32. The van der Waals surface area contributed by atoms with Gasteiger partial charge < -0.3 is 5.32 Å². The van der Waals surface area contributed by atoms with Gasteiger partial charge in [-0.2, -0.15) is 4.52 Å². The first kappa shape index (κ1) is 19.0. The molecule has 0 unspecified atom stereocenters. The molecule has 0 saturated carbocycles. The number of aryl methyl sites for hydroxylation is 1. The number of fused-ring (bicyclic) bond motifs is 3. The number of nitrogens with one attached hydrogen (secondary N) is 1. The fourth-order valence-electron chi connectivity index (χ4n) is 3.08. The second kappa shape index (κ2) is 7.05. The van der Waals surface area contributed by atoms with E-state index in [9.17, 15) is 8.42 Å². The molecule has 0 bridgehead atoms. The van der Waals surface area contributed by atoms with Crippen molar-refractivity contribution in [2.75, 3.05) is 5.32 Å². The van der Waals surface area contributed by atoms with Crippen LogP contribution in [0.2, 0.25) is 5.02 Å². The maximum Gasteiger partial charge on any atom is 0.229 e. The van der Waals surface area contributed by atoms with Gasteiger partial charge in [0.25, 0.3) is 0 Å². The van der Waals surface area contributed by atoms with Gasteiger partial charge in [0.05, 0.1) is 15.1 Å². The van der Waals surface area contributed by atoms with Crippen LogP contribution < -0.4 is 5.32 Å². The van der Waals surface area contributed by atoms with Crippen molar-refractivity contribution in [3.63, 3.8) is 0 Å². The molecule has 3 aromatic heterocycles. The number of benzene rings is 2. The lowest BCUT2D eigenvalue weighted by Crippen LogP contribution is -2.05. The molecule has 1 N–H and O–H groups in total. The molecule has 0 atom stereocenters. The molecule has 0 spiro atoms. The molecule has 3 heterocycles. The van der Waals surface area contributed by atoms with Crippen LogP contribution in [0.15, 0.2) is 69.9 Å². The van der Waals surface area contributed by atoms with Gasteiger partial charge in [-0.3, -0.25) is 0 Å². The van der Waals surface area contributed by atoms with Gasteiger partial charge >= 0.3 is 0 Å². The Morgan fingerprint density at radius 1 is 1.03 bits per heavy atom. The van der Waals surface area contributed by atoms with Gasteiger partial charge in [0, 0.05) is 10.7 Å². The number of aromatic nitrogens is 4. The number of hydrogen-bond donors (Lipinski definition) is 1. The summed E-state index contributed by atoms with van der Waals surface area (Å²) >= 11 is 7.38. The standard InChI is InChI=1S/C20H14ClN5O2S2/c1-12-2-6-14(7-3-12)22-18-17-16(10-11-29-17)26-19(23-18)20(24-25-26)30(27,28)15-8-4-13(21)5-9-15/h2-11H,1H3,(H,22,23). The van der Waals surface area contributed by atoms with Crippen molar-refractivity contribution in [1.82, 2.24) is 19.8 Å². The van der Waals surface area contributed by atoms with Crippen LogP contribution in [0.4, 0.5) is 11.5 Å². The highest BCUT2D eigenvalue weighted by Gasteiger charge is 2.27. The summed E-state index contributed by atoms with van der Waals surface area (Å²) in [5.41, 5.74) is 2.87. The number of nitrogens with zero attached hydrogens (tertiary/aromatic N) is 4. The van der Waals surface area contributed by atoms with E-state index in [0.717, 1.165) is 21.5 Å². The van der Waals surface area contributed by atoms with E-state index in [0.29, 0.717) is 10.8 Å². The predicted octanol–water partition coefficient (Wildman–Crippen LogP) is 4.88. The third-order valence-electron chi connectivity index (χ3n) is 4.62. The molecule has 10 heteroatoms. The highest BCUT2D eigenvalue weighted by atomic mass is 35.5. The van der Waals surface area contributed by atoms with Crippen molar-refractivity contribution in [3.05, 3.63) is 70.6 Å². The summed E-state index contributed by atoms with van der Waals surface area (Å²) in [5.74, 6) is 0.547. The molecule has 30 heavy (non-hydrogen) atoms. The fraction of sp³-hybridized carbons (Fsp3) is 0.0500. The molecule has 5 rings (SSSR count). The molecule has 0 aliphatic carbocycles. The molecule has 150 valence electrons. The van der Waals surface area contributed by atoms with Crippen LogP contribution >= 0.6 is 22.9 Å². The van der Waals surface area contributed by atoms with E-state index in [1.165, 1.54) is 40.1 Å². The smallest absolute Gasteiger partial charge is 0.229 e. The minimum atomic E-state index is -3.93. The number of thiophene rings is 1. The Morgan fingerprint density at radius 2 is 1.77 bits per heavy atom. The minimum Gasteiger partial charge on any atom is -0.339 e. The normalized spacial score (nSPS) is 11.9. The Kier molecular flexibility index (Phi) is 4.46. The van der Waals surface area contributed by atoms with Gasteiger partial charge in [0.15, 0.2) is 11.5 Å². The van der Waals surface area contributed by atoms with Crippen LogP contribution in [-0.4, -0.2) is 28.2 Å². The van der Waals surface area contributed by atoms with Gasteiger partial charge in [0.1, 0.15) is 0 Å². The largest absolute Gasteiger partial charge is 0.339 e. The molecule has 0 amide bonds. The summed E-state index contributed by atoms with van der Waals surface area (Å²) in [5, 5.41) is 13.5. The van der Waals surface area contributed by atoms with Crippen molar-refractivity contribution >= 4 is 60.1 Å². The predicted molar refractivity (Wildman–Crippen MR) is 118 cm³/mol. The molecule has 0 aliphatic rings. The second-order valence-corrected chi connectivity index (χ2v) is 9.89. The summed E-state index contributed by atoms with van der Waals surface area (Å²) in [6.07, 6.45) is 0. The van der Waals surface area contributed by atoms with E-state index in [2.05, 4.69) is 20.6 Å². The van der Waals surface area contributed by atoms with E-state index in [1.807, 2.05) is 42.6 Å². The minimum absolute atomic E-state index is 0.0783. The van der Waals surface area contributed by atoms with Crippen LogP contribution in [0, 0.1) is 6.92 Å². The molecule has 7 nitrogen and oxygen atoms in total. The molecule has 0 saturated heterocycles. The Balaban J connectivity index is 1.70. The first-order valence-corrected chi connectivity index (χ1v) is 11.6. The number of sulfone groups is 1. The summed E-state index contributed by atoms with van der Waals surface area (Å²) in [4.78, 5) is 4.67. The zero-order valence-corrected chi connectivity index (χ0v) is 18.0. The van der Waals surface area contributed by atoms with Crippen LogP contribution in [0.25, 0.3) is 15.9 Å². The maximum atomic E-state index is 13.2. The number of hydrogen-bond acceptors (Lipinski definition) is 7.